The Morgan fingerprint density at radius 2 is 2.00 bits per heavy atom. The molecule has 0 bridgehead atoms. The van der Waals surface area contributed by atoms with Crippen LogP contribution in [0.15, 0.2) is 38.5 Å². The number of carbonyl (C=O) groups is 2. The van der Waals surface area contributed by atoms with Gasteiger partial charge in [-0.05, 0) is 49.1 Å². The number of ether oxygens (including phenoxy) is 1. The fourth-order valence-corrected chi connectivity index (χ4v) is 5.59. The number of aromatic nitrogens is 2. The van der Waals surface area contributed by atoms with E-state index in [1.165, 1.54) is 20.5 Å². The number of thiophene rings is 2. The summed E-state index contributed by atoms with van der Waals surface area (Å²) in [4.78, 5) is 54.0. The lowest BCUT2D eigenvalue weighted by atomic mass is 9.98. The number of rotatable bonds is 7. The zero-order chi connectivity index (χ0) is 22.7. The number of hydrogen-bond donors (Lipinski definition) is 0. The second-order valence-electron chi connectivity index (χ2n) is 7.72. The van der Waals surface area contributed by atoms with Crippen molar-refractivity contribution in [2.24, 2.45) is 5.92 Å². The van der Waals surface area contributed by atoms with Crippen LogP contribution < -0.4 is 11.2 Å². The molecule has 8 nitrogen and oxygen atoms in total. The highest BCUT2D eigenvalue weighted by molar-refractivity contribution is 7.17. The quantitative estimate of drug-likeness (QED) is 0.489. The number of hydrogen-bond acceptors (Lipinski definition) is 7. The lowest BCUT2D eigenvalue weighted by molar-refractivity contribution is -0.151. The molecule has 4 heterocycles. The average molecular weight is 476 g/mol. The Morgan fingerprint density at radius 3 is 2.75 bits per heavy atom. The van der Waals surface area contributed by atoms with E-state index in [4.69, 9.17) is 4.74 Å². The summed E-state index contributed by atoms with van der Waals surface area (Å²) in [6.45, 7) is 2.98. The Bertz CT molecular complexity index is 1220. The molecule has 32 heavy (non-hydrogen) atoms. The van der Waals surface area contributed by atoms with E-state index < -0.39 is 5.69 Å². The van der Waals surface area contributed by atoms with Crippen LogP contribution in [0.3, 0.4) is 0 Å². The molecule has 0 unspecified atom stereocenters. The SMILES string of the molecule is CCOC(=O)[C@@H]1CCCN(C(=O)Cn2c(=O)n(CCc3cccs3)c(=O)c3sccc32)C1. The van der Waals surface area contributed by atoms with Crippen molar-refractivity contribution >= 4 is 44.8 Å². The third kappa shape index (κ3) is 4.56. The molecular formula is C22H25N3O5S2. The van der Waals surface area contributed by atoms with Crippen molar-refractivity contribution < 1.29 is 14.3 Å². The van der Waals surface area contributed by atoms with Gasteiger partial charge in [-0.25, -0.2) is 4.79 Å². The maximum Gasteiger partial charge on any atom is 0.332 e. The lowest BCUT2D eigenvalue weighted by Gasteiger charge is -2.31. The smallest absolute Gasteiger partial charge is 0.332 e. The van der Waals surface area contributed by atoms with Gasteiger partial charge < -0.3 is 9.64 Å². The summed E-state index contributed by atoms with van der Waals surface area (Å²) in [5, 5.41) is 3.72. The molecule has 0 aromatic carbocycles. The lowest BCUT2D eigenvalue weighted by Crippen LogP contribution is -2.47. The minimum Gasteiger partial charge on any atom is -0.466 e. The molecule has 1 aliphatic rings. The van der Waals surface area contributed by atoms with E-state index in [1.54, 1.807) is 34.6 Å². The fourth-order valence-electron chi connectivity index (χ4n) is 4.05. The van der Waals surface area contributed by atoms with Gasteiger partial charge in [0, 0.05) is 24.5 Å². The molecule has 0 saturated carbocycles. The Morgan fingerprint density at radius 1 is 1.16 bits per heavy atom. The second-order valence-corrected chi connectivity index (χ2v) is 9.67. The summed E-state index contributed by atoms with van der Waals surface area (Å²) >= 11 is 2.85. The molecule has 1 aliphatic heterocycles. The molecule has 10 heteroatoms. The van der Waals surface area contributed by atoms with Gasteiger partial charge in [0.15, 0.2) is 0 Å². The third-order valence-electron chi connectivity index (χ3n) is 5.69. The van der Waals surface area contributed by atoms with Gasteiger partial charge in [0.1, 0.15) is 11.2 Å². The molecule has 1 atom stereocenters. The summed E-state index contributed by atoms with van der Waals surface area (Å²) in [7, 11) is 0. The monoisotopic (exact) mass is 475 g/mol. The first-order valence-electron chi connectivity index (χ1n) is 10.7. The Balaban J connectivity index is 1.59. The topological polar surface area (TPSA) is 90.6 Å². The highest BCUT2D eigenvalue weighted by Gasteiger charge is 2.30. The molecule has 0 spiro atoms. The van der Waals surface area contributed by atoms with E-state index in [0.29, 0.717) is 42.6 Å². The molecule has 3 aromatic heterocycles. The van der Waals surface area contributed by atoms with Gasteiger partial charge in [-0.15, -0.1) is 22.7 Å². The highest BCUT2D eigenvalue weighted by atomic mass is 32.1. The number of piperidine rings is 1. The molecule has 1 fully saturated rings. The van der Waals surface area contributed by atoms with Crippen LogP contribution >= 0.6 is 22.7 Å². The normalized spacial score (nSPS) is 16.4. The van der Waals surface area contributed by atoms with Crippen molar-refractivity contribution in [2.45, 2.75) is 39.3 Å². The van der Waals surface area contributed by atoms with Crippen LogP contribution in [0.2, 0.25) is 0 Å². The van der Waals surface area contributed by atoms with Crippen molar-refractivity contribution in [1.29, 1.82) is 0 Å². The third-order valence-corrected chi connectivity index (χ3v) is 7.51. The predicted molar refractivity (Wildman–Crippen MR) is 124 cm³/mol. The van der Waals surface area contributed by atoms with Gasteiger partial charge in [-0.3, -0.25) is 23.5 Å². The minimum absolute atomic E-state index is 0.166. The van der Waals surface area contributed by atoms with Gasteiger partial charge in [0.25, 0.3) is 5.56 Å². The van der Waals surface area contributed by atoms with Crippen LogP contribution in [0, 0.1) is 5.92 Å². The molecular weight excluding hydrogens is 450 g/mol. The number of amides is 1. The number of likely N-dealkylation sites (tertiary alicyclic amines) is 1. The molecule has 3 aromatic rings. The van der Waals surface area contributed by atoms with Crippen molar-refractivity contribution in [1.82, 2.24) is 14.0 Å². The first-order chi connectivity index (χ1) is 15.5. The Labute approximate surface area is 192 Å². The number of esters is 1. The summed E-state index contributed by atoms with van der Waals surface area (Å²) in [6.07, 6.45) is 1.97. The number of carbonyl (C=O) groups excluding carboxylic acids is 2. The van der Waals surface area contributed by atoms with E-state index in [0.717, 1.165) is 4.88 Å². The van der Waals surface area contributed by atoms with Gasteiger partial charge in [-0.2, -0.15) is 0 Å². The molecule has 170 valence electrons. The van der Waals surface area contributed by atoms with Crippen LogP contribution in [-0.2, 0) is 33.8 Å². The molecule has 0 aliphatic carbocycles. The predicted octanol–water partition coefficient (Wildman–Crippen LogP) is 2.33. The number of aryl methyl sites for hydroxylation is 1. The molecule has 1 amide bonds. The van der Waals surface area contributed by atoms with E-state index in [2.05, 4.69) is 0 Å². The Kier molecular flexibility index (Phi) is 6.90. The van der Waals surface area contributed by atoms with Crippen LogP contribution in [0.4, 0.5) is 0 Å². The van der Waals surface area contributed by atoms with Crippen LogP contribution in [0.25, 0.3) is 10.2 Å². The fraction of sp³-hybridized carbons (Fsp3) is 0.455. The first kappa shape index (κ1) is 22.5. The minimum atomic E-state index is -0.482. The first-order valence-corrected chi connectivity index (χ1v) is 12.4. The van der Waals surface area contributed by atoms with Gasteiger partial charge >= 0.3 is 11.7 Å². The summed E-state index contributed by atoms with van der Waals surface area (Å²) in [6, 6.07) is 5.61. The zero-order valence-electron chi connectivity index (χ0n) is 17.8. The molecule has 0 radical (unpaired) electrons. The maximum absolute atomic E-state index is 13.2. The Hall–Kier alpha value is -2.72. The zero-order valence-corrected chi connectivity index (χ0v) is 19.5. The number of fused-ring (bicyclic) bond motifs is 1. The second kappa shape index (κ2) is 9.83. The highest BCUT2D eigenvalue weighted by Crippen LogP contribution is 2.20. The molecule has 1 saturated heterocycles. The molecule has 0 N–H and O–H groups in total. The standard InChI is InChI=1S/C22H25N3O5S2/c1-2-30-21(28)15-5-3-9-23(13-15)18(26)14-25-17-8-12-32-19(17)20(27)24(22(25)29)10-7-16-6-4-11-31-16/h4,6,8,11-12,15H,2-3,5,7,9-10,13-14H2,1H3/t15-/m1/s1. The van der Waals surface area contributed by atoms with Gasteiger partial charge in [-0.1, -0.05) is 6.07 Å². The summed E-state index contributed by atoms with van der Waals surface area (Å²) in [5.41, 5.74) is -0.324. The van der Waals surface area contributed by atoms with Crippen LogP contribution in [0.5, 0.6) is 0 Å². The summed E-state index contributed by atoms with van der Waals surface area (Å²) in [5.74, 6) is -0.869. The van der Waals surface area contributed by atoms with Crippen molar-refractivity contribution in [3.8, 4) is 0 Å². The van der Waals surface area contributed by atoms with Crippen LogP contribution in [-0.4, -0.2) is 45.6 Å². The van der Waals surface area contributed by atoms with Crippen molar-refractivity contribution in [3.05, 3.63) is 54.7 Å². The van der Waals surface area contributed by atoms with E-state index in [9.17, 15) is 19.2 Å². The van der Waals surface area contributed by atoms with Gasteiger partial charge in [0.05, 0.1) is 18.0 Å². The van der Waals surface area contributed by atoms with E-state index >= 15 is 0 Å². The summed E-state index contributed by atoms with van der Waals surface area (Å²) < 4.78 is 8.19. The average Bonchev–Trinajstić information content (AvgIpc) is 3.49. The molecule has 4 rings (SSSR count). The van der Waals surface area contributed by atoms with Gasteiger partial charge in [0.2, 0.25) is 5.91 Å². The number of nitrogens with zero attached hydrogens (tertiary/aromatic N) is 3. The van der Waals surface area contributed by atoms with Crippen molar-refractivity contribution in [3.63, 3.8) is 0 Å². The van der Waals surface area contributed by atoms with E-state index in [-0.39, 0.29) is 43.0 Å². The maximum atomic E-state index is 13.2. The van der Waals surface area contributed by atoms with E-state index in [1.807, 2.05) is 17.5 Å². The van der Waals surface area contributed by atoms with Crippen molar-refractivity contribution in [2.75, 3.05) is 19.7 Å². The largest absolute Gasteiger partial charge is 0.466 e. The van der Waals surface area contributed by atoms with Crippen LogP contribution in [0.1, 0.15) is 24.6 Å².